The Kier molecular flexibility index (Phi) is 1.98. The van der Waals surface area contributed by atoms with Gasteiger partial charge in [0.2, 0.25) is 5.91 Å². The number of allylic oxidation sites excluding steroid dienone is 1. The van der Waals surface area contributed by atoms with Crippen molar-refractivity contribution < 1.29 is 4.79 Å². The predicted molar refractivity (Wildman–Crippen MR) is 56.7 cm³/mol. The van der Waals surface area contributed by atoms with Gasteiger partial charge in [-0.1, -0.05) is 32.9 Å². The van der Waals surface area contributed by atoms with E-state index in [4.69, 9.17) is 0 Å². The van der Waals surface area contributed by atoms with Crippen molar-refractivity contribution in [1.82, 2.24) is 5.32 Å². The molecule has 0 bridgehead atoms. The fourth-order valence-corrected chi connectivity index (χ4v) is 3.09. The molecule has 1 heterocycles. The number of β-lactam (4-membered cyclic amide) rings is 1. The maximum absolute atomic E-state index is 11.1. The van der Waals surface area contributed by atoms with Crippen LogP contribution in [0.4, 0.5) is 0 Å². The first-order chi connectivity index (χ1) is 6.47. The Balaban J connectivity index is 2.24. The zero-order valence-electron chi connectivity index (χ0n) is 9.26. The van der Waals surface area contributed by atoms with Gasteiger partial charge in [-0.2, -0.15) is 0 Å². The number of hydrogen-bond acceptors (Lipinski definition) is 1. The highest BCUT2D eigenvalue weighted by Gasteiger charge is 2.54. The number of carbonyl (C=O) groups is 1. The van der Waals surface area contributed by atoms with Crippen molar-refractivity contribution >= 4 is 5.91 Å². The van der Waals surface area contributed by atoms with E-state index >= 15 is 0 Å². The molecule has 1 spiro atoms. The van der Waals surface area contributed by atoms with Crippen LogP contribution in [0, 0.1) is 17.8 Å². The molecule has 4 atom stereocenters. The standard InChI is InChI=1S/C12H19NO/c1-7-5-8(2)12(6-11(14)13-12)10(4)9(7)3/h8-10H,1,5-6H2,2-4H3,(H,13,14). The molecule has 1 saturated heterocycles. The minimum Gasteiger partial charge on any atom is -0.349 e. The van der Waals surface area contributed by atoms with Crippen LogP contribution in [0.5, 0.6) is 0 Å². The van der Waals surface area contributed by atoms with Crippen LogP contribution in [0.2, 0.25) is 0 Å². The van der Waals surface area contributed by atoms with Gasteiger partial charge in [-0.05, 0) is 24.2 Å². The van der Waals surface area contributed by atoms with Crippen molar-refractivity contribution in [1.29, 1.82) is 0 Å². The first kappa shape index (κ1) is 9.75. The van der Waals surface area contributed by atoms with Gasteiger partial charge < -0.3 is 5.32 Å². The molecule has 0 aromatic heterocycles. The number of rotatable bonds is 0. The fraction of sp³-hybridized carbons (Fsp3) is 0.750. The molecule has 1 N–H and O–H groups in total. The van der Waals surface area contributed by atoms with Crippen LogP contribution in [-0.4, -0.2) is 11.4 Å². The number of carbonyl (C=O) groups excluding carboxylic acids is 1. The molecule has 1 amide bonds. The third-order valence-electron chi connectivity index (χ3n) is 4.48. The summed E-state index contributed by atoms with van der Waals surface area (Å²) in [5.41, 5.74) is 1.43. The number of amides is 1. The summed E-state index contributed by atoms with van der Waals surface area (Å²) in [5, 5.41) is 3.13. The average Bonchev–Trinajstić information content (AvgIpc) is 2.07. The van der Waals surface area contributed by atoms with Crippen LogP contribution in [-0.2, 0) is 4.79 Å². The van der Waals surface area contributed by atoms with Crippen molar-refractivity contribution in [2.45, 2.75) is 39.2 Å². The molecule has 2 nitrogen and oxygen atoms in total. The number of hydrogen-bond donors (Lipinski definition) is 1. The van der Waals surface area contributed by atoms with Gasteiger partial charge in [0.05, 0.1) is 12.0 Å². The van der Waals surface area contributed by atoms with E-state index in [1.165, 1.54) is 5.57 Å². The van der Waals surface area contributed by atoms with Gasteiger partial charge in [-0.3, -0.25) is 4.79 Å². The summed E-state index contributed by atoms with van der Waals surface area (Å²) in [7, 11) is 0. The van der Waals surface area contributed by atoms with Gasteiger partial charge in [0.1, 0.15) is 0 Å². The summed E-state index contributed by atoms with van der Waals surface area (Å²) in [4.78, 5) is 11.1. The fourth-order valence-electron chi connectivity index (χ4n) is 3.09. The van der Waals surface area contributed by atoms with Crippen molar-refractivity contribution in [2.24, 2.45) is 17.8 Å². The molecule has 0 radical (unpaired) electrons. The molecule has 1 saturated carbocycles. The van der Waals surface area contributed by atoms with Gasteiger partial charge in [0, 0.05) is 0 Å². The monoisotopic (exact) mass is 193 g/mol. The van der Waals surface area contributed by atoms with Gasteiger partial charge in [-0.15, -0.1) is 0 Å². The lowest BCUT2D eigenvalue weighted by Gasteiger charge is -2.56. The summed E-state index contributed by atoms with van der Waals surface area (Å²) in [6.45, 7) is 10.8. The van der Waals surface area contributed by atoms with Crippen LogP contribution in [0.15, 0.2) is 12.2 Å². The van der Waals surface area contributed by atoms with Crippen molar-refractivity contribution in [3.63, 3.8) is 0 Å². The summed E-state index contributed by atoms with van der Waals surface area (Å²) >= 11 is 0. The Morgan fingerprint density at radius 1 is 1.43 bits per heavy atom. The molecule has 0 aromatic rings. The molecule has 4 unspecified atom stereocenters. The SMILES string of the molecule is C=C1CC(C)C2(CC(=O)N2)C(C)C1C. The minimum atomic E-state index is 0.0810. The van der Waals surface area contributed by atoms with Crippen molar-refractivity contribution in [3.8, 4) is 0 Å². The van der Waals surface area contributed by atoms with E-state index in [0.29, 0.717) is 24.2 Å². The summed E-state index contributed by atoms with van der Waals surface area (Å²) in [6.07, 6.45) is 1.78. The van der Waals surface area contributed by atoms with E-state index < -0.39 is 0 Å². The molecular formula is C12H19NO. The first-order valence-corrected chi connectivity index (χ1v) is 5.46. The normalized spacial score (nSPS) is 47.5. The third-order valence-corrected chi connectivity index (χ3v) is 4.48. The van der Waals surface area contributed by atoms with Crippen LogP contribution in [0.25, 0.3) is 0 Å². The number of nitrogens with one attached hydrogen (secondary N) is 1. The van der Waals surface area contributed by atoms with Crippen LogP contribution in [0.3, 0.4) is 0 Å². The quantitative estimate of drug-likeness (QED) is 0.463. The van der Waals surface area contributed by atoms with E-state index in [9.17, 15) is 4.79 Å². The van der Waals surface area contributed by atoms with Crippen molar-refractivity contribution in [2.75, 3.05) is 0 Å². The van der Waals surface area contributed by atoms with E-state index in [1.807, 2.05) is 0 Å². The molecule has 0 aromatic carbocycles. The van der Waals surface area contributed by atoms with E-state index in [1.54, 1.807) is 0 Å². The zero-order valence-corrected chi connectivity index (χ0v) is 9.26. The summed E-state index contributed by atoms with van der Waals surface area (Å²) in [5.74, 6) is 1.81. The third kappa shape index (κ3) is 1.06. The van der Waals surface area contributed by atoms with E-state index in [0.717, 1.165) is 6.42 Å². The maximum atomic E-state index is 11.1. The molecule has 1 aliphatic carbocycles. The highest BCUT2D eigenvalue weighted by atomic mass is 16.2. The molecule has 2 fully saturated rings. The van der Waals surface area contributed by atoms with Crippen LogP contribution >= 0.6 is 0 Å². The Hall–Kier alpha value is -0.790. The topological polar surface area (TPSA) is 29.1 Å². The lowest BCUT2D eigenvalue weighted by atomic mass is 9.57. The highest BCUT2D eigenvalue weighted by Crippen LogP contribution is 2.48. The largest absolute Gasteiger partial charge is 0.349 e. The second-order valence-corrected chi connectivity index (χ2v) is 5.11. The second kappa shape index (κ2) is 2.85. The van der Waals surface area contributed by atoms with Crippen LogP contribution in [0.1, 0.15) is 33.6 Å². The first-order valence-electron chi connectivity index (χ1n) is 5.46. The van der Waals surface area contributed by atoms with Crippen molar-refractivity contribution in [3.05, 3.63) is 12.2 Å². The Bertz CT molecular complexity index is 287. The smallest absolute Gasteiger partial charge is 0.222 e. The van der Waals surface area contributed by atoms with Gasteiger partial charge in [0.15, 0.2) is 0 Å². The Morgan fingerprint density at radius 2 is 2.00 bits per heavy atom. The molecular weight excluding hydrogens is 174 g/mol. The van der Waals surface area contributed by atoms with Gasteiger partial charge >= 0.3 is 0 Å². The zero-order chi connectivity index (χ0) is 10.5. The van der Waals surface area contributed by atoms with Gasteiger partial charge in [-0.25, -0.2) is 0 Å². The molecule has 14 heavy (non-hydrogen) atoms. The molecule has 2 heteroatoms. The molecule has 78 valence electrons. The lowest BCUT2D eigenvalue weighted by molar-refractivity contribution is -0.140. The molecule has 2 rings (SSSR count). The predicted octanol–water partition coefficient (Wildman–Crippen LogP) is 2.11. The Labute approximate surface area is 85.8 Å². The summed E-state index contributed by atoms with van der Waals surface area (Å²) in [6, 6.07) is 0. The Morgan fingerprint density at radius 3 is 2.50 bits per heavy atom. The van der Waals surface area contributed by atoms with Crippen LogP contribution < -0.4 is 5.32 Å². The maximum Gasteiger partial charge on any atom is 0.222 e. The van der Waals surface area contributed by atoms with E-state index in [2.05, 4.69) is 32.7 Å². The lowest BCUT2D eigenvalue weighted by Crippen LogP contribution is -2.70. The molecule has 2 aliphatic rings. The van der Waals surface area contributed by atoms with Gasteiger partial charge in [0.25, 0.3) is 0 Å². The minimum absolute atomic E-state index is 0.0810. The highest BCUT2D eigenvalue weighted by molar-refractivity contribution is 5.85. The summed E-state index contributed by atoms with van der Waals surface area (Å²) < 4.78 is 0. The molecule has 1 aliphatic heterocycles. The average molecular weight is 193 g/mol. The second-order valence-electron chi connectivity index (χ2n) is 5.11. The van der Waals surface area contributed by atoms with E-state index in [-0.39, 0.29) is 11.4 Å².